The molecule has 0 radical (unpaired) electrons. The maximum atomic E-state index is 10.7. The van der Waals surface area contributed by atoms with Gasteiger partial charge in [-0.2, -0.15) is 0 Å². The molecule has 2 atom stereocenters. The predicted octanol–water partition coefficient (Wildman–Crippen LogP) is 1.28. The van der Waals surface area contributed by atoms with Gasteiger partial charge >= 0.3 is 5.97 Å². The molecule has 1 aliphatic carbocycles. The molecule has 1 aromatic heterocycles. The number of aliphatic carboxylic acids is 1. The van der Waals surface area contributed by atoms with Crippen LogP contribution in [-0.2, 0) is 4.79 Å². The van der Waals surface area contributed by atoms with E-state index in [1.165, 1.54) is 0 Å². The van der Waals surface area contributed by atoms with Gasteiger partial charge in [0.2, 0.25) is 5.88 Å². The van der Waals surface area contributed by atoms with E-state index in [-0.39, 0.29) is 11.8 Å². The monoisotopic (exact) mass is 193 g/mol. The van der Waals surface area contributed by atoms with Gasteiger partial charge in [0, 0.05) is 12.3 Å². The van der Waals surface area contributed by atoms with Crippen LogP contribution >= 0.6 is 0 Å². The number of carbonyl (C=O) groups is 1. The van der Waals surface area contributed by atoms with Crippen LogP contribution in [0.2, 0.25) is 0 Å². The van der Waals surface area contributed by atoms with Gasteiger partial charge in [0.05, 0.1) is 13.0 Å². The molecule has 0 aliphatic heterocycles. The van der Waals surface area contributed by atoms with Gasteiger partial charge in [-0.15, -0.1) is 0 Å². The number of carboxylic acid groups (broad SMARTS) is 1. The molecule has 1 fully saturated rings. The molecule has 4 nitrogen and oxygen atoms in total. The Morgan fingerprint density at radius 2 is 2.50 bits per heavy atom. The zero-order chi connectivity index (χ0) is 10.1. The Morgan fingerprint density at radius 3 is 3.07 bits per heavy atom. The van der Waals surface area contributed by atoms with Gasteiger partial charge in [-0.1, -0.05) is 0 Å². The zero-order valence-corrected chi connectivity index (χ0v) is 7.80. The minimum Gasteiger partial charge on any atom is -0.481 e. The second-order valence-corrected chi connectivity index (χ2v) is 3.42. The van der Waals surface area contributed by atoms with Crippen molar-refractivity contribution in [2.75, 3.05) is 7.11 Å². The number of rotatable bonds is 3. The van der Waals surface area contributed by atoms with Gasteiger partial charge in [0.1, 0.15) is 0 Å². The van der Waals surface area contributed by atoms with E-state index in [0.717, 1.165) is 12.0 Å². The first kappa shape index (κ1) is 8.99. The van der Waals surface area contributed by atoms with Crippen molar-refractivity contribution in [1.82, 2.24) is 4.98 Å². The molecular formula is C10H11NO3. The van der Waals surface area contributed by atoms with Crippen molar-refractivity contribution >= 4 is 5.97 Å². The molecule has 0 amide bonds. The highest BCUT2D eigenvalue weighted by atomic mass is 16.5. The highest BCUT2D eigenvalue weighted by Crippen LogP contribution is 2.47. The summed E-state index contributed by atoms with van der Waals surface area (Å²) in [6, 6.07) is 3.64. The number of methoxy groups -OCH3 is 1. The maximum absolute atomic E-state index is 10.7. The van der Waals surface area contributed by atoms with E-state index < -0.39 is 5.97 Å². The van der Waals surface area contributed by atoms with Crippen LogP contribution < -0.4 is 4.74 Å². The average Bonchev–Trinajstić information content (AvgIpc) is 2.97. The van der Waals surface area contributed by atoms with Gasteiger partial charge < -0.3 is 9.84 Å². The fourth-order valence-corrected chi connectivity index (χ4v) is 1.60. The second kappa shape index (κ2) is 3.29. The van der Waals surface area contributed by atoms with E-state index in [9.17, 15) is 4.79 Å². The van der Waals surface area contributed by atoms with Crippen molar-refractivity contribution in [2.45, 2.75) is 12.3 Å². The van der Waals surface area contributed by atoms with Crippen LogP contribution in [-0.4, -0.2) is 23.2 Å². The summed E-state index contributed by atoms with van der Waals surface area (Å²) < 4.78 is 4.97. The minimum absolute atomic E-state index is 0.143. The van der Waals surface area contributed by atoms with Gasteiger partial charge in [-0.25, -0.2) is 4.98 Å². The van der Waals surface area contributed by atoms with Crippen LogP contribution in [0.25, 0.3) is 0 Å². The highest BCUT2D eigenvalue weighted by molar-refractivity contribution is 5.75. The lowest BCUT2D eigenvalue weighted by Crippen LogP contribution is -1.99. The molecule has 2 rings (SSSR count). The Hall–Kier alpha value is -1.58. The number of hydrogen-bond donors (Lipinski definition) is 1. The summed E-state index contributed by atoms with van der Waals surface area (Å²) in [6.07, 6.45) is 2.37. The standard InChI is InChI=1S/C10H11NO3/c1-14-9-4-6(2-3-11-9)7-5-8(7)10(12)13/h2-4,7-8H,5H2,1H3,(H,12,13). The van der Waals surface area contributed by atoms with Gasteiger partial charge in [0.25, 0.3) is 0 Å². The minimum atomic E-state index is -0.717. The van der Waals surface area contributed by atoms with Gasteiger partial charge in [-0.05, 0) is 24.0 Å². The van der Waals surface area contributed by atoms with Crippen LogP contribution in [0.15, 0.2) is 18.3 Å². The molecule has 0 saturated heterocycles. The van der Waals surface area contributed by atoms with Crippen LogP contribution in [0.5, 0.6) is 5.88 Å². The summed E-state index contributed by atoms with van der Waals surface area (Å²) in [6.45, 7) is 0. The van der Waals surface area contributed by atoms with Crippen molar-refractivity contribution in [3.8, 4) is 5.88 Å². The molecule has 1 saturated carbocycles. The Balaban J connectivity index is 2.15. The van der Waals surface area contributed by atoms with E-state index in [1.54, 1.807) is 19.4 Å². The summed E-state index contributed by atoms with van der Waals surface area (Å²) in [7, 11) is 1.55. The van der Waals surface area contributed by atoms with E-state index in [1.807, 2.05) is 6.07 Å². The van der Waals surface area contributed by atoms with Crippen molar-refractivity contribution in [1.29, 1.82) is 0 Å². The third-order valence-corrected chi connectivity index (χ3v) is 2.50. The van der Waals surface area contributed by atoms with Crippen molar-refractivity contribution < 1.29 is 14.6 Å². The number of ether oxygens (including phenoxy) is 1. The number of carboxylic acids is 1. The van der Waals surface area contributed by atoms with Crippen molar-refractivity contribution in [2.24, 2.45) is 5.92 Å². The quantitative estimate of drug-likeness (QED) is 0.785. The summed E-state index contributed by atoms with van der Waals surface area (Å²) in [5, 5.41) is 8.76. The lowest BCUT2D eigenvalue weighted by atomic mass is 10.1. The summed E-state index contributed by atoms with van der Waals surface area (Å²) in [4.78, 5) is 14.6. The fraction of sp³-hybridized carbons (Fsp3) is 0.400. The Labute approximate surface area is 81.5 Å². The molecule has 2 unspecified atom stereocenters. The lowest BCUT2D eigenvalue weighted by molar-refractivity contribution is -0.138. The van der Waals surface area contributed by atoms with E-state index >= 15 is 0 Å². The normalized spacial score (nSPS) is 24.4. The Morgan fingerprint density at radius 1 is 1.71 bits per heavy atom. The first-order valence-electron chi connectivity index (χ1n) is 4.45. The summed E-state index contributed by atoms with van der Waals surface area (Å²) in [5.74, 6) is -0.254. The molecule has 1 N–H and O–H groups in total. The first-order valence-corrected chi connectivity index (χ1v) is 4.45. The third kappa shape index (κ3) is 1.55. The van der Waals surface area contributed by atoms with Crippen LogP contribution in [0.3, 0.4) is 0 Å². The summed E-state index contributed by atoms with van der Waals surface area (Å²) >= 11 is 0. The van der Waals surface area contributed by atoms with Crippen LogP contribution in [0.1, 0.15) is 17.9 Å². The van der Waals surface area contributed by atoms with Crippen molar-refractivity contribution in [3.05, 3.63) is 23.9 Å². The molecule has 0 bridgehead atoms. The summed E-state index contributed by atoms with van der Waals surface area (Å²) in [5.41, 5.74) is 1.00. The maximum Gasteiger partial charge on any atom is 0.307 e. The molecular weight excluding hydrogens is 182 g/mol. The molecule has 74 valence electrons. The smallest absolute Gasteiger partial charge is 0.307 e. The first-order chi connectivity index (χ1) is 6.72. The molecule has 1 heterocycles. The van der Waals surface area contributed by atoms with Crippen LogP contribution in [0, 0.1) is 5.92 Å². The van der Waals surface area contributed by atoms with Gasteiger partial charge in [0.15, 0.2) is 0 Å². The lowest BCUT2D eigenvalue weighted by Gasteiger charge is -2.01. The molecule has 0 aromatic carbocycles. The molecule has 4 heteroatoms. The molecule has 14 heavy (non-hydrogen) atoms. The number of hydrogen-bond acceptors (Lipinski definition) is 3. The molecule has 1 aromatic rings. The fourth-order valence-electron chi connectivity index (χ4n) is 1.60. The van der Waals surface area contributed by atoms with Gasteiger partial charge in [-0.3, -0.25) is 4.79 Å². The van der Waals surface area contributed by atoms with Crippen LogP contribution in [0.4, 0.5) is 0 Å². The topological polar surface area (TPSA) is 59.4 Å². The second-order valence-electron chi connectivity index (χ2n) is 3.42. The number of aromatic nitrogens is 1. The highest BCUT2D eigenvalue weighted by Gasteiger charge is 2.44. The predicted molar refractivity (Wildman–Crippen MR) is 49.3 cm³/mol. The van der Waals surface area contributed by atoms with Crippen molar-refractivity contribution in [3.63, 3.8) is 0 Å². The number of nitrogens with zero attached hydrogens (tertiary/aromatic N) is 1. The molecule has 1 aliphatic rings. The third-order valence-electron chi connectivity index (χ3n) is 2.50. The van der Waals surface area contributed by atoms with E-state index in [4.69, 9.17) is 9.84 Å². The average molecular weight is 193 g/mol. The largest absolute Gasteiger partial charge is 0.481 e. The SMILES string of the molecule is COc1cc(C2CC2C(=O)O)ccn1. The van der Waals surface area contributed by atoms with E-state index in [2.05, 4.69) is 4.98 Å². The Kier molecular flexibility index (Phi) is 2.11. The zero-order valence-electron chi connectivity index (χ0n) is 7.80. The number of pyridine rings is 1. The molecule has 0 spiro atoms. The van der Waals surface area contributed by atoms with E-state index in [0.29, 0.717) is 5.88 Å². The Bertz CT molecular complexity index is 364.